The number of esters is 1. The van der Waals surface area contributed by atoms with Crippen molar-refractivity contribution in [2.24, 2.45) is 0 Å². The summed E-state index contributed by atoms with van der Waals surface area (Å²) < 4.78 is 43.0. The molecule has 3 aromatic rings. The number of sulfonamides is 1. The van der Waals surface area contributed by atoms with Crippen LogP contribution in [0.15, 0.2) is 51.8 Å². The lowest BCUT2D eigenvalue weighted by Gasteiger charge is -2.08. The van der Waals surface area contributed by atoms with Gasteiger partial charge in [-0.3, -0.25) is 4.72 Å². The second-order valence-electron chi connectivity index (χ2n) is 5.60. The molecule has 9 heteroatoms. The molecule has 0 bridgehead atoms. The molecule has 2 aromatic carbocycles. The first-order valence-corrected chi connectivity index (χ1v) is 9.63. The molecule has 0 unspecified atom stereocenters. The summed E-state index contributed by atoms with van der Waals surface area (Å²) >= 11 is 5.80. The highest BCUT2D eigenvalue weighted by Gasteiger charge is 2.22. The summed E-state index contributed by atoms with van der Waals surface area (Å²) in [6.45, 7) is 0.0744. The lowest BCUT2D eigenvalue weighted by molar-refractivity contribution is 0.0594. The molecule has 0 saturated carbocycles. The second kappa shape index (κ2) is 7.59. The second-order valence-corrected chi connectivity index (χ2v) is 7.71. The summed E-state index contributed by atoms with van der Waals surface area (Å²) in [7, 11) is -1.09. The molecule has 7 nitrogen and oxygen atoms in total. The van der Waals surface area contributed by atoms with Gasteiger partial charge in [0, 0.05) is 23.2 Å². The summed E-state index contributed by atoms with van der Waals surface area (Å²) in [6, 6.07) is 10.4. The predicted molar refractivity (Wildman–Crippen MR) is 101 cm³/mol. The van der Waals surface area contributed by atoms with Gasteiger partial charge in [-0.15, -0.1) is 0 Å². The largest absolute Gasteiger partial charge is 0.465 e. The van der Waals surface area contributed by atoms with Gasteiger partial charge in [0.05, 0.1) is 12.0 Å². The van der Waals surface area contributed by atoms with Crippen molar-refractivity contribution < 1.29 is 27.1 Å². The van der Waals surface area contributed by atoms with Crippen LogP contribution in [0.2, 0.25) is 5.02 Å². The minimum Gasteiger partial charge on any atom is -0.465 e. The molecular formula is C18H16ClNO6S. The highest BCUT2D eigenvalue weighted by atomic mass is 35.5. The summed E-state index contributed by atoms with van der Waals surface area (Å²) in [4.78, 5) is 12.2. The van der Waals surface area contributed by atoms with E-state index in [9.17, 15) is 13.2 Å². The van der Waals surface area contributed by atoms with E-state index in [2.05, 4.69) is 4.72 Å². The lowest BCUT2D eigenvalue weighted by atomic mass is 10.1. The van der Waals surface area contributed by atoms with Crippen molar-refractivity contribution in [3.63, 3.8) is 0 Å². The zero-order valence-corrected chi connectivity index (χ0v) is 16.1. The van der Waals surface area contributed by atoms with Crippen LogP contribution in [0.1, 0.15) is 16.1 Å². The Morgan fingerprint density at radius 3 is 2.48 bits per heavy atom. The highest BCUT2D eigenvalue weighted by Crippen LogP contribution is 2.30. The Balaban J connectivity index is 2.03. The number of rotatable bonds is 6. The first kappa shape index (κ1) is 19.2. The number of anilines is 1. The number of hydrogen-bond donors (Lipinski definition) is 1. The maximum absolute atomic E-state index is 12.5. The van der Waals surface area contributed by atoms with Crippen LogP contribution in [0.5, 0.6) is 0 Å². The Morgan fingerprint density at radius 1 is 1.15 bits per heavy atom. The van der Waals surface area contributed by atoms with E-state index in [-0.39, 0.29) is 22.8 Å². The molecule has 142 valence electrons. The quantitative estimate of drug-likeness (QED) is 0.622. The number of carbonyl (C=O) groups is 1. The average Bonchev–Trinajstić information content (AvgIpc) is 2.98. The van der Waals surface area contributed by atoms with Crippen LogP contribution in [0.25, 0.3) is 11.0 Å². The normalized spacial score (nSPS) is 11.5. The van der Waals surface area contributed by atoms with Gasteiger partial charge in [-0.2, -0.15) is 0 Å². The topological polar surface area (TPSA) is 94.8 Å². The van der Waals surface area contributed by atoms with E-state index >= 15 is 0 Å². The summed E-state index contributed by atoms with van der Waals surface area (Å²) in [5.74, 6) is -0.296. The van der Waals surface area contributed by atoms with Crippen LogP contribution in [0, 0.1) is 0 Å². The van der Waals surface area contributed by atoms with Gasteiger partial charge >= 0.3 is 5.97 Å². The van der Waals surface area contributed by atoms with Crippen molar-refractivity contribution in [2.75, 3.05) is 18.9 Å². The van der Waals surface area contributed by atoms with Gasteiger partial charge in [-0.05, 0) is 42.5 Å². The van der Waals surface area contributed by atoms with Crippen LogP contribution in [0.3, 0.4) is 0 Å². The van der Waals surface area contributed by atoms with Gasteiger partial charge in [0.25, 0.3) is 10.0 Å². The molecule has 1 heterocycles. The number of carbonyl (C=O) groups excluding carboxylic acids is 1. The maximum Gasteiger partial charge on any atom is 0.342 e. The molecule has 0 amide bonds. The van der Waals surface area contributed by atoms with Crippen molar-refractivity contribution in [1.29, 1.82) is 0 Å². The Morgan fingerprint density at radius 2 is 1.85 bits per heavy atom. The van der Waals surface area contributed by atoms with Crippen molar-refractivity contribution in [2.45, 2.75) is 11.5 Å². The Labute approximate surface area is 160 Å². The molecule has 0 spiro atoms. The van der Waals surface area contributed by atoms with Gasteiger partial charge in [0.1, 0.15) is 23.5 Å². The fraction of sp³-hybridized carbons (Fsp3) is 0.167. The van der Waals surface area contributed by atoms with Gasteiger partial charge in [-0.25, -0.2) is 13.2 Å². The molecule has 0 atom stereocenters. The number of methoxy groups -OCH3 is 2. The monoisotopic (exact) mass is 409 g/mol. The summed E-state index contributed by atoms with van der Waals surface area (Å²) in [5, 5.41) is 0.854. The van der Waals surface area contributed by atoms with Crippen molar-refractivity contribution >= 4 is 44.3 Å². The van der Waals surface area contributed by atoms with Crippen LogP contribution in [-0.4, -0.2) is 28.6 Å². The number of benzene rings is 2. The molecule has 1 aromatic heterocycles. The first-order valence-electron chi connectivity index (χ1n) is 7.77. The Bertz CT molecular complexity index is 1090. The number of fused-ring (bicyclic) bond motifs is 1. The van der Waals surface area contributed by atoms with E-state index in [1.54, 1.807) is 6.07 Å². The van der Waals surface area contributed by atoms with Gasteiger partial charge < -0.3 is 13.9 Å². The van der Waals surface area contributed by atoms with E-state index in [1.165, 1.54) is 50.6 Å². The summed E-state index contributed by atoms with van der Waals surface area (Å²) in [5.41, 5.74) is 0.881. The molecule has 0 fully saturated rings. The number of nitrogens with one attached hydrogen (secondary N) is 1. The van der Waals surface area contributed by atoms with Gasteiger partial charge in [0.15, 0.2) is 0 Å². The highest BCUT2D eigenvalue weighted by molar-refractivity contribution is 7.92. The average molecular weight is 410 g/mol. The van der Waals surface area contributed by atoms with E-state index in [0.29, 0.717) is 21.8 Å². The van der Waals surface area contributed by atoms with Crippen molar-refractivity contribution in [3.8, 4) is 0 Å². The van der Waals surface area contributed by atoms with Crippen LogP contribution < -0.4 is 4.72 Å². The van der Waals surface area contributed by atoms with Crippen molar-refractivity contribution in [1.82, 2.24) is 0 Å². The smallest absolute Gasteiger partial charge is 0.342 e. The molecule has 0 saturated heterocycles. The van der Waals surface area contributed by atoms with Crippen LogP contribution in [0.4, 0.5) is 5.69 Å². The Kier molecular flexibility index (Phi) is 5.41. The van der Waals surface area contributed by atoms with E-state index in [1.807, 2.05) is 0 Å². The lowest BCUT2D eigenvalue weighted by Crippen LogP contribution is -2.12. The molecule has 1 N–H and O–H groups in total. The third-order valence-corrected chi connectivity index (χ3v) is 5.45. The molecular weight excluding hydrogens is 394 g/mol. The molecule has 27 heavy (non-hydrogen) atoms. The molecule has 3 rings (SSSR count). The minimum absolute atomic E-state index is 0.0625. The van der Waals surface area contributed by atoms with Crippen molar-refractivity contribution in [3.05, 3.63) is 58.8 Å². The molecule has 0 radical (unpaired) electrons. The van der Waals surface area contributed by atoms with Crippen LogP contribution in [-0.2, 0) is 26.1 Å². The predicted octanol–water partition coefficient (Wildman–Crippen LogP) is 3.82. The Hall–Kier alpha value is -2.55. The first-order chi connectivity index (χ1) is 12.9. The van der Waals surface area contributed by atoms with Crippen LogP contribution >= 0.6 is 11.6 Å². The number of ether oxygens (including phenoxy) is 2. The van der Waals surface area contributed by atoms with Gasteiger partial charge in [-0.1, -0.05) is 11.6 Å². The fourth-order valence-corrected chi connectivity index (χ4v) is 3.77. The van der Waals surface area contributed by atoms with E-state index < -0.39 is 16.0 Å². The summed E-state index contributed by atoms with van der Waals surface area (Å²) in [6.07, 6.45) is 0. The zero-order chi connectivity index (χ0) is 19.6. The number of furan rings is 1. The number of halogens is 1. The van der Waals surface area contributed by atoms with E-state index in [0.717, 1.165) is 0 Å². The molecule has 0 aliphatic carbocycles. The zero-order valence-electron chi connectivity index (χ0n) is 14.5. The van der Waals surface area contributed by atoms with E-state index in [4.69, 9.17) is 25.5 Å². The minimum atomic E-state index is -3.82. The number of hydrogen-bond acceptors (Lipinski definition) is 6. The molecule has 0 aliphatic heterocycles. The fourth-order valence-electron chi connectivity index (χ4n) is 2.60. The third-order valence-electron chi connectivity index (χ3n) is 3.80. The standard InChI is InChI=1S/C18H16ClNO6S/c1-24-10-16-17(18(21)25-2)14-9-12(5-8-15(14)26-16)20-27(22,23)13-6-3-11(19)4-7-13/h3-9,20H,10H2,1-2H3. The van der Waals surface area contributed by atoms with Gasteiger partial charge in [0.2, 0.25) is 0 Å². The SMILES string of the molecule is COCc1oc2ccc(NS(=O)(=O)c3ccc(Cl)cc3)cc2c1C(=O)OC. The molecule has 0 aliphatic rings. The maximum atomic E-state index is 12.5. The third kappa shape index (κ3) is 3.92.